The second-order valence-electron chi connectivity index (χ2n) is 5.50. The molecule has 0 radical (unpaired) electrons. The van der Waals surface area contributed by atoms with Gasteiger partial charge in [-0.3, -0.25) is 4.90 Å². The highest BCUT2D eigenvalue weighted by molar-refractivity contribution is 6.30. The lowest BCUT2D eigenvalue weighted by Crippen LogP contribution is -2.23. The molecule has 0 N–H and O–H groups in total. The van der Waals surface area contributed by atoms with Gasteiger partial charge in [-0.2, -0.15) is 0 Å². The van der Waals surface area contributed by atoms with Crippen LogP contribution >= 0.6 is 11.6 Å². The number of alkyl halides is 3. The molecular weight excluding hydrogens is 359 g/mol. The van der Waals surface area contributed by atoms with Crippen LogP contribution in [0.1, 0.15) is 17.2 Å². The number of ether oxygens (including phenoxy) is 2. The molecule has 2 aromatic carbocycles. The number of amides is 1. The van der Waals surface area contributed by atoms with Crippen LogP contribution in [0.25, 0.3) is 0 Å². The minimum absolute atomic E-state index is 0.231. The van der Waals surface area contributed by atoms with Gasteiger partial charge in [-0.25, -0.2) is 4.79 Å². The van der Waals surface area contributed by atoms with E-state index in [2.05, 4.69) is 4.74 Å². The minimum Gasteiger partial charge on any atom is -0.439 e. The van der Waals surface area contributed by atoms with Crippen LogP contribution in [-0.4, -0.2) is 23.9 Å². The smallest absolute Gasteiger partial charge is 0.439 e. The van der Waals surface area contributed by atoms with Crippen molar-refractivity contribution in [2.45, 2.75) is 19.0 Å². The predicted molar refractivity (Wildman–Crippen MR) is 84.2 cm³/mol. The van der Waals surface area contributed by atoms with Crippen molar-refractivity contribution < 1.29 is 27.4 Å². The number of hydrogen-bond donors (Lipinski definition) is 0. The maximum Gasteiger partial charge on any atom is 0.573 e. The fourth-order valence-corrected chi connectivity index (χ4v) is 2.63. The molecule has 0 spiro atoms. The van der Waals surface area contributed by atoms with Crippen molar-refractivity contribution in [1.82, 2.24) is 4.90 Å². The Hall–Kier alpha value is -2.41. The Balaban J connectivity index is 1.63. The second-order valence-corrected chi connectivity index (χ2v) is 5.93. The molecular formula is C17H13ClF3NO3. The lowest BCUT2D eigenvalue weighted by atomic mass is 10.1. The molecule has 0 aromatic heterocycles. The van der Waals surface area contributed by atoms with Gasteiger partial charge < -0.3 is 9.47 Å². The molecule has 1 amide bonds. The van der Waals surface area contributed by atoms with Gasteiger partial charge in [-0.05, 0) is 35.4 Å². The van der Waals surface area contributed by atoms with E-state index in [9.17, 15) is 18.0 Å². The van der Waals surface area contributed by atoms with Gasteiger partial charge >= 0.3 is 12.5 Å². The number of rotatable bonds is 4. The summed E-state index contributed by atoms with van der Waals surface area (Å²) in [4.78, 5) is 13.5. The number of benzene rings is 2. The molecule has 2 aromatic rings. The van der Waals surface area contributed by atoms with Crippen LogP contribution in [0.3, 0.4) is 0 Å². The third-order valence-electron chi connectivity index (χ3n) is 3.66. The number of carbonyl (C=O) groups excluding carboxylic acids is 1. The summed E-state index contributed by atoms with van der Waals surface area (Å²) >= 11 is 5.84. The summed E-state index contributed by atoms with van der Waals surface area (Å²) in [6.07, 6.45) is -5.61. The van der Waals surface area contributed by atoms with E-state index in [0.717, 1.165) is 5.56 Å². The fourth-order valence-electron chi connectivity index (χ4n) is 2.51. The molecule has 1 heterocycles. The number of cyclic esters (lactones) is 1. The molecule has 1 atom stereocenters. The zero-order chi connectivity index (χ0) is 18.0. The molecule has 1 saturated heterocycles. The zero-order valence-corrected chi connectivity index (χ0v) is 13.6. The van der Waals surface area contributed by atoms with Crippen LogP contribution in [0, 0.1) is 0 Å². The van der Waals surface area contributed by atoms with Crippen LogP contribution in [0.5, 0.6) is 5.75 Å². The standard InChI is InChI=1S/C17H13ClF3NO3/c18-13-5-3-12(4-6-13)15-10-22(16(23)24-15)9-11-1-7-14(8-2-11)25-17(19,20)21/h1-8,15H,9-10H2. The topological polar surface area (TPSA) is 38.8 Å². The van der Waals surface area contributed by atoms with Crippen molar-refractivity contribution in [1.29, 1.82) is 0 Å². The summed E-state index contributed by atoms with van der Waals surface area (Å²) in [6.45, 7) is 0.580. The van der Waals surface area contributed by atoms with Crippen molar-refractivity contribution in [2.24, 2.45) is 0 Å². The lowest BCUT2D eigenvalue weighted by Gasteiger charge is -2.14. The van der Waals surface area contributed by atoms with E-state index in [4.69, 9.17) is 16.3 Å². The first-order valence-corrected chi connectivity index (χ1v) is 7.74. The molecule has 0 saturated carbocycles. The molecule has 132 valence electrons. The summed E-state index contributed by atoms with van der Waals surface area (Å²) in [5, 5.41) is 0.589. The summed E-state index contributed by atoms with van der Waals surface area (Å²) in [7, 11) is 0. The van der Waals surface area contributed by atoms with Crippen molar-refractivity contribution in [2.75, 3.05) is 6.54 Å². The van der Waals surface area contributed by atoms with Gasteiger partial charge in [0, 0.05) is 11.6 Å². The molecule has 1 unspecified atom stereocenters. The maximum absolute atomic E-state index is 12.1. The number of nitrogens with zero attached hydrogens (tertiary/aromatic N) is 1. The molecule has 1 fully saturated rings. The van der Waals surface area contributed by atoms with Gasteiger partial charge in [0.15, 0.2) is 0 Å². The summed E-state index contributed by atoms with van der Waals surface area (Å²) in [6, 6.07) is 12.4. The van der Waals surface area contributed by atoms with E-state index >= 15 is 0 Å². The van der Waals surface area contributed by atoms with E-state index in [1.54, 1.807) is 24.3 Å². The number of carbonyl (C=O) groups is 1. The highest BCUT2D eigenvalue weighted by atomic mass is 35.5. The maximum atomic E-state index is 12.1. The molecule has 0 bridgehead atoms. The Bertz CT molecular complexity index is 747. The summed E-state index contributed by atoms with van der Waals surface area (Å²) in [5.74, 6) is -0.306. The highest BCUT2D eigenvalue weighted by Gasteiger charge is 2.33. The summed E-state index contributed by atoms with van der Waals surface area (Å²) in [5.41, 5.74) is 1.50. The van der Waals surface area contributed by atoms with Gasteiger partial charge in [0.2, 0.25) is 0 Å². The lowest BCUT2D eigenvalue weighted by molar-refractivity contribution is -0.274. The molecule has 3 rings (SSSR count). The Kier molecular flexibility index (Phi) is 4.76. The minimum atomic E-state index is -4.73. The summed E-state index contributed by atoms with van der Waals surface area (Å²) < 4.78 is 45.6. The van der Waals surface area contributed by atoms with Crippen molar-refractivity contribution >= 4 is 17.7 Å². The van der Waals surface area contributed by atoms with Gasteiger partial charge in [-0.1, -0.05) is 35.9 Å². The van der Waals surface area contributed by atoms with Gasteiger partial charge in [0.05, 0.1) is 6.54 Å². The Morgan fingerprint density at radius 1 is 1.12 bits per heavy atom. The largest absolute Gasteiger partial charge is 0.573 e. The first-order valence-electron chi connectivity index (χ1n) is 7.36. The van der Waals surface area contributed by atoms with E-state index in [-0.39, 0.29) is 12.3 Å². The van der Waals surface area contributed by atoms with Gasteiger partial charge in [0.1, 0.15) is 11.9 Å². The Labute approximate surface area is 146 Å². The van der Waals surface area contributed by atoms with E-state index in [1.807, 2.05) is 0 Å². The monoisotopic (exact) mass is 371 g/mol. The van der Waals surface area contributed by atoms with E-state index in [1.165, 1.54) is 29.2 Å². The zero-order valence-electron chi connectivity index (χ0n) is 12.8. The van der Waals surface area contributed by atoms with Crippen molar-refractivity contribution in [3.05, 3.63) is 64.7 Å². The van der Waals surface area contributed by atoms with Crippen LogP contribution in [0.2, 0.25) is 5.02 Å². The Morgan fingerprint density at radius 3 is 2.36 bits per heavy atom. The van der Waals surface area contributed by atoms with Gasteiger partial charge in [-0.15, -0.1) is 13.2 Å². The molecule has 8 heteroatoms. The molecule has 0 aliphatic carbocycles. The first kappa shape index (κ1) is 17.4. The average molecular weight is 372 g/mol. The van der Waals surface area contributed by atoms with Crippen molar-refractivity contribution in [3.8, 4) is 5.75 Å². The third-order valence-corrected chi connectivity index (χ3v) is 3.91. The molecule has 25 heavy (non-hydrogen) atoms. The Morgan fingerprint density at radius 2 is 1.76 bits per heavy atom. The van der Waals surface area contributed by atoms with E-state index < -0.39 is 18.6 Å². The second kappa shape index (κ2) is 6.84. The first-order chi connectivity index (χ1) is 11.8. The number of halogens is 4. The van der Waals surface area contributed by atoms with Crippen LogP contribution in [0.4, 0.5) is 18.0 Å². The van der Waals surface area contributed by atoms with E-state index in [0.29, 0.717) is 17.1 Å². The quantitative estimate of drug-likeness (QED) is 0.764. The fraction of sp³-hybridized carbons (Fsp3) is 0.235. The molecule has 1 aliphatic rings. The normalized spacial score (nSPS) is 17.5. The van der Waals surface area contributed by atoms with Crippen LogP contribution < -0.4 is 4.74 Å². The predicted octanol–water partition coefficient (Wildman–Crippen LogP) is 4.93. The number of hydrogen-bond acceptors (Lipinski definition) is 3. The highest BCUT2D eigenvalue weighted by Crippen LogP contribution is 2.29. The van der Waals surface area contributed by atoms with Gasteiger partial charge in [0.25, 0.3) is 0 Å². The average Bonchev–Trinajstić information content (AvgIpc) is 2.89. The van der Waals surface area contributed by atoms with Crippen molar-refractivity contribution in [3.63, 3.8) is 0 Å². The van der Waals surface area contributed by atoms with Crippen LogP contribution in [0.15, 0.2) is 48.5 Å². The SMILES string of the molecule is O=C1OC(c2ccc(Cl)cc2)CN1Cc1ccc(OC(F)(F)F)cc1. The molecule has 4 nitrogen and oxygen atoms in total. The van der Waals surface area contributed by atoms with Crippen LogP contribution in [-0.2, 0) is 11.3 Å². The third kappa shape index (κ3) is 4.57. The molecule has 1 aliphatic heterocycles.